The van der Waals surface area contributed by atoms with E-state index in [-0.39, 0.29) is 11.8 Å². The molecule has 0 heterocycles. The molecular formula is C16H16BrClNO3S-. The Labute approximate surface area is 151 Å². The number of aliphatic hydroxyl groups excluding tert-OH is 1. The maximum absolute atomic E-state index is 11.2. The van der Waals surface area contributed by atoms with E-state index in [0.29, 0.717) is 17.8 Å². The zero-order valence-electron chi connectivity index (χ0n) is 12.2. The van der Waals surface area contributed by atoms with E-state index >= 15 is 0 Å². The van der Waals surface area contributed by atoms with Crippen molar-refractivity contribution in [3.63, 3.8) is 0 Å². The van der Waals surface area contributed by atoms with Gasteiger partial charge in [-0.05, 0) is 50.3 Å². The van der Waals surface area contributed by atoms with Crippen molar-refractivity contribution in [3.05, 3.63) is 64.1 Å². The van der Waals surface area contributed by atoms with Gasteiger partial charge < -0.3 is 14.6 Å². The minimum atomic E-state index is -2.23. The maximum Gasteiger partial charge on any atom is 0.0926 e. The van der Waals surface area contributed by atoms with Gasteiger partial charge in [0.05, 0.1) is 23.5 Å². The molecule has 4 nitrogen and oxygen atoms in total. The molecule has 0 aliphatic rings. The minimum absolute atomic E-state index is 0.0766. The number of nitrogens with zero attached hydrogens (tertiary/aromatic N) is 1. The number of aliphatic hydroxyl groups is 1. The van der Waals surface area contributed by atoms with Crippen molar-refractivity contribution in [2.24, 2.45) is 0 Å². The van der Waals surface area contributed by atoms with E-state index in [4.69, 9.17) is 11.6 Å². The Morgan fingerprint density at radius 2 is 1.96 bits per heavy atom. The van der Waals surface area contributed by atoms with E-state index < -0.39 is 17.2 Å². The highest BCUT2D eigenvalue weighted by Crippen LogP contribution is 2.31. The highest BCUT2D eigenvalue weighted by molar-refractivity contribution is 9.10. The monoisotopic (exact) mass is 416 g/mol. The van der Waals surface area contributed by atoms with Crippen LogP contribution in [0.2, 0.25) is 0 Å². The summed E-state index contributed by atoms with van der Waals surface area (Å²) in [5.41, 5.74) is 2.33. The third-order valence-electron chi connectivity index (χ3n) is 3.32. The molecule has 23 heavy (non-hydrogen) atoms. The van der Waals surface area contributed by atoms with Crippen molar-refractivity contribution >= 4 is 44.3 Å². The molecule has 2 rings (SSSR count). The Hall–Kier alpha value is -0.920. The van der Waals surface area contributed by atoms with Gasteiger partial charge in [0.25, 0.3) is 0 Å². The van der Waals surface area contributed by atoms with Crippen LogP contribution in [0.4, 0.5) is 5.69 Å². The fourth-order valence-corrected chi connectivity index (χ4v) is 3.36. The lowest BCUT2D eigenvalue weighted by atomic mass is 10.1. The Kier molecular flexibility index (Phi) is 7.05. The maximum atomic E-state index is 11.2. The van der Waals surface area contributed by atoms with Gasteiger partial charge in [-0.15, -0.1) is 11.6 Å². The first kappa shape index (κ1) is 18.4. The SMILES string of the molecule is O=S([O-])CN(Cc1ccccc1)c1cc(C(O)CCl)ccc1Br. The third kappa shape index (κ3) is 5.29. The highest BCUT2D eigenvalue weighted by Gasteiger charge is 2.15. The predicted octanol–water partition coefficient (Wildman–Crippen LogP) is 3.56. The summed E-state index contributed by atoms with van der Waals surface area (Å²) in [5, 5.41) is 9.91. The van der Waals surface area contributed by atoms with Crippen LogP contribution in [0.1, 0.15) is 17.2 Å². The Bertz CT molecular complexity index is 672. The van der Waals surface area contributed by atoms with Crippen LogP contribution in [-0.2, 0) is 17.6 Å². The number of anilines is 1. The molecular weight excluding hydrogens is 402 g/mol. The molecule has 0 saturated heterocycles. The Balaban J connectivity index is 2.36. The summed E-state index contributed by atoms with van der Waals surface area (Å²) in [5.74, 6) is -0.0683. The van der Waals surface area contributed by atoms with Gasteiger partial charge in [0.15, 0.2) is 0 Å². The quantitative estimate of drug-likeness (QED) is 0.552. The van der Waals surface area contributed by atoms with Crippen LogP contribution in [0.25, 0.3) is 0 Å². The van der Waals surface area contributed by atoms with Gasteiger partial charge in [-0.25, -0.2) is 0 Å². The minimum Gasteiger partial charge on any atom is -0.771 e. The standard InChI is InChI=1S/C16H17BrClNO3S/c17-14-7-6-13(16(20)9-18)8-15(14)19(11-23(21)22)10-12-4-2-1-3-5-12/h1-8,16,20H,9-11H2,(H,21,22)/p-1. The second-order valence-electron chi connectivity index (χ2n) is 5.00. The molecule has 124 valence electrons. The van der Waals surface area contributed by atoms with Crippen LogP contribution in [0.5, 0.6) is 0 Å². The lowest BCUT2D eigenvalue weighted by Crippen LogP contribution is -2.27. The third-order valence-corrected chi connectivity index (χ3v) is 4.80. The van der Waals surface area contributed by atoms with Crippen LogP contribution >= 0.6 is 27.5 Å². The molecule has 0 spiro atoms. The van der Waals surface area contributed by atoms with Gasteiger partial charge in [-0.3, -0.25) is 4.21 Å². The number of halogens is 2. The van der Waals surface area contributed by atoms with E-state index in [1.807, 2.05) is 30.3 Å². The number of rotatable bonds is 7. The fourth-order valence-electron chi connectivity index (χ4n) is 2.20. The summed E-state index contributed by atoms with van der Waals surface area (Å²) in [4.78, 5) is 1.73. The van der Waals surface area contributed by atoms with Gasteiger partial charge >= 0.3 is 0 Å². The van der Waals surface area contributed by atoms with Crippen molar-refractivity contribution in [1.82, 2.24) is 0 Å². The Morgan fingerprint density at radius 1 is 1.26 bits per heavy atom. The number of alkyl halides is 1. The summed E-state index contributed by atoms with van der Waals surface area (Å²) in [6.45, 7) is 0.438. The van der Waals surface area contributed by atoms with Gasteiger partial charge in [-0.2, -0.15) is 0 Å². The average Bonchev–Trinajstić information content (AvgIpc) is 2.54. The molecule has 2 aromatic carbocycles. The van der Waals surface area contributed by atoms with Gasteiger partial charge in [-0.1, -0.05) is 36.4 Å². The van der Waals surface area contributed by atoms with E-state index in [2.05, 4.69) is 15.9 Å². The molecule has 0 saturated carbocycles. The summed E-state index contributed by atoms with van der Waals surface area (Å²) >= 11 is 6.92. The number of hydrogen-bond donors (Lipinski definition) is 1. The summed E-state index contributed by atoms with van der Waals surface area (Å²) in [7, 11) is 0. The van der Waals surface area contributed by atoms with Crippen LogP contribution in [-0.4, -0.2) is 25.6 Å². The lowest BCUT2D eigenvalue weighted by molar-refractivity contribution is 0.202. The first-order valence-corrected chi connectivity index (χ1v) is 9.46. The molecule has 0 bridgehead atoms. The molecule has 0 amide bonds. The molecule has 0 fully saturated rings. The molecule has 2 atom stereocenters. The van der Waals surface area contributed by atoms with Gasteiger partial charge in [0.1, 0.15) is 0 Å². The molecule has 0 aromatic heterocycles. The fraction of sp³-hybridized carbons (Fsp3) is 0.250. The first-order valence-electron chi connectivity index (χ1n) is 6.89. The largest absolute Gasteiger partial charge is 0.771 e. The van der Waals surface area contributed by atoms with Crippen molar-refractivity contribution in [3.8, 4) is 0 Å². The zero-order chi connectivity index (χ0) is 16.8. The molecule has 0 radical (unpaired) electrons. The second-order valence-corrected chi connectivity index (χ2v) is 7.03. The van der Waals surface area contributed by atoms with Crippen LogP contribution in [0.15, 0.2) is 53.0 Å². The number of benzene rings is 2. The van der Waals surface area contributed by atoms with Gasteiger partial charge in [0.2, 0.25) is 0 Å². The first-order chi connectivity index (χ1) is 11.0. The van der Waals surface area contributed by atoms with Crippen molar-refractivity contribution in [2.45, 2.75) is 12.6 Å². The lowest BCUT2D eigenvalue weighted by Gasteiger charge is -2.28. The zero-order valence-corrected chi connectivity index (χ0v) is 15.4. The smallest absolute Gasteiger partial charge is 0.0926 e. The van der Waals surface area contributed by atoms with Crippen molar-refractivity contribution in [1.29, 1.82) is 0 Å². The summed E-state index contributed by atoms with van der Waals surface area (Å²) < 4.78 is 23.2. The molecule has 0 aliphatic carbocycles. The van der Waals surface area contributed by atoms with Gasteiger partial charge in [0, 0.05) is 11.0 Å². The van der Waals surface area contributed by atoms with Crippen LogP contribution in [0.3, 0.4) is 0 Å². The normalized spacial score (nSPS) is 13.6. The molecule has 2 aromatic rings. The molecule has 7 heteroatoms. The summed E-state index contributed by atoms with van der Waals surface area (Å²) in [6.07, 6.45) is -0.792. The van der Waals surface area contributed by atoms with E-state index in [1.54, 1.807) is 23.1 Å². The topological polar surface area (TPSA) is 63.6 Å². The highest BCUT2D eigenvalue weighted by atomic mass is 79.9. The second kappa shape index (κ2) is 8.80. The average molecular weight is 418 g/mol. The van der Waals surface area contributed by atoms with Crippen molar-refractivity contribution < 1.29 is 13.9 Å². The Morgan fingerprint density at radius 3 is 2.57 bits per heavy atom. The van der Waals surface area contributed by atoms with E-state index in [9.17, 15) is 13.9 Å². The number of hydrogen-bond acceptors (Lipinski definition) is 4. The van der Waals surface area contributed by atoms with Crippen LogP contribution in [0, 0.1) is 0 Å². The predicted molar refractivity (Wildman–Crippen MR) is 96.2 cm³/mol. The van der Waals surface area contributed by atoms with Crippen LogP contribution < -0.4 is 4.90 Å². The van der Waals surface area contributed by atoms with E-state index in [0.717, 1.165) is 10.0 Å². The van der Waals surface area contributed by atoms with E-state index in [1.165, 1.54) is 0 Å². The molecule has 0 aliphatic heterocycles. The molecule has 2 unspecified atom stereocenters. The summed E-state index contributed by atoms with van der Waals surface area (Å²) in [6, 6.07) is 14.9. The molecule has 1 N–H and O–H groups in total. The van der Waals surface area contributed by atoms with Crippen molar-refractivity contribution in [2.75, 3.05) is 16.7 Å².